The van der Waals surface area contributed by atoms with E-state index in [9.17, 15) is 9.18 Å². The van der Waals surface area contributed by atoms with Crippen LogP contribution >= 0.6 is 11.6 Å². The van der Waals surface area contributed by atoms with Gasteiger partial charge in [-0.1, -0.05) is 17.7 Å². The number of anilines is 2. The molecule has 1 amide bonds. The van der Waals surface area contributed by atoms with Gasteiger partial charge in [-0.2, -0.15) is 5.10 Å². The third-order valence-electron chi connectivity index (χ3n) is 4.95. The molecule has 0 radical (unpaired) electrons. The third kappa shape index (κ3) is 4.41. The maximum Gasteiger partial charge on any atom is 0.276 e. The zero-order valence-corrected chi connectivity index (χ0v) is 16.7. The molecule has 0 unspecified atom stereocenters. The van der Waals surface area contributed by atoms with Crippen molar-refractivity contribution in [2.24, 2.45) is 0 Å². The Morgan fingerprint density at radius 3 is 2.66 bits per heavy atom. The number of nitrogens with one attached hydrogen (secondary N) is 1. The van der Waals surface area contributed by atoms with Crippen LogP contribution in [0.3, 0.4) is 0 Å². The Morgan fingerprint density at radius 2 is 1.90 bits per heavy atom. The molecule has 150 valence electrons. The lowest BCUT2D eigenvalue weighted by Gasteiger charge is -2.35. The molecule has 4 rings (SSSR count). The monoisotopic (exact) mass is 413 g/mol. The summed E-state index contributed by atoms with van der Waals surface area (Å²) in [7, 11) is 2.09. The van der Waals surface area contributed by atoms with E-state index < -0.39 is 0 Å². The topological polar surface area (TPSA) is 53.4 Å². The molecule has 0 atom stereocenters. The highest BCUT2D eigenvalue weighted by Gasteiger charge is 2.19. The fraction of sp³-hybridized carbons (Fsp3) is 0.238. The number of benzene rings is 2. The van der Waals surface area contributed by atoms with Crippen LogP contribution in [0.4, 0.5) is 15.8 Å². The molecule has 3 aromatic rings. The van der Waals surface area contributed by atoms with Crippen LogP contribution in [0.5, 0.6) is 0 Å². The molecule has 1 saturated heterocycles. The van der Waals surface area contributed by atoms with Crippen LogP contribution in [-0.4, -0.2) is 53.8 Å². The van der Waals surface area contributed by atoms with Crippen LogP contribution in [0.2, 0.25) is 5.02 Å². The molecule has 6 nitrogen and oxygen atoms in total. The van der Waals surface area contributed by atoms with E-state index in [1.165, 1.54) is 16.8 Å². The van der Waals surface area contributed by atoms with Gasteiger partial charge in [0.1, 0.15) is 5.82 Å². The van der Waals surface area contributed by atoms with Crippen molar-refractivity contribution in [2.75, 3.05) is 43.4 Å². The van der Waals surface area contributed by atoms with E-state index in [2.05, 4.69) is 27.3 Å². The minimum absolute atomic E-state index is 0.235. The summed E-state index contributed by atoms with van der Waals surface area (Å²) in [6.45, 7) is 3.65. The number of amides is 1. The van der Waals surface area contributed by atoms with Crippen molar-refractivity contribution in [1.82, 2.24) is 14.7 Å². The average Bonchev–Trinajstić information content (AvgIpc) is 3.20. The van der Waals surface area contributed by atoms with E-state index in [0.717, 1.165) is 31.9 Å². The highest BCUT2D eigenvalue weighted by atomic mass is 35.5. The lowest BCUT2D eigenvalue weighted by Crippen LogP contribution is -2.44. The Hall–Kier alpha value is -2.90. The van der Waals surface area contributed by atoms with E-state index in [-0.39, 0.29) is 17.4 Å². The van der Waals surface area contributed by atoms with Crippen LogP contribution in [-0.2, 0) is 0 Å². The first-order valence-corrected chi connectivity index (χ1v) is 9.73. The molecule has 29 heavy (non-hydrogen) atoms. The van der Waals surface area contributed by atoms with Crippen molar-refractivity contribution in [1.29, 1.82) is 0 Å². The summed E-state index contributed by atoms with van der Waals surface area (Å²) < 4.78 is 14.9. The first-order valence-electron chi connectivity index (χ1n) is 9.35. The van der Waals surface area contributed by atoms with E-state index >= 15 is 0 Å². The molecule has 0 saturated carbocycles. The quantitative estimate of drug-likeness (QED) is 0.709. The number of carbonyl (C=O) groups is 1. The van der Waals surface area contributed by atoms with Gasteiger partial charge in [0.2, 0.25) is 0 Å². The number of hydrogen-bond acceptors (Lipinski definition) is 4. The Kier molecular flexibility index (Phi) is 5.51. The maximum absolute atomic E-state index is 13.4. The zero-order chi connectivity index (χ0) is 20.4. The van der Waals surface area contributed by atoms with Crippen molar-refractivity contribution in [3.63, 3.8) is 0 Å². The molecule has 1 fully saturated rings. The second-order valence-electron chi connectivity index (χ2n) is 7.03. The summed E-state index contributed by atoms with van der Waals surface area (Å²) >= 11 is 6.17. The number of nitrogens with zero attached hydrogens (tertiary/aromatic N) is 4. The van der Waals surface area contributed by atoms with Crippen molar-refractivity contribution in [3.8, 4) is 5.69 Å². The molecule has 0 aliphatic carbocycles. The summed E-state index contributed by atoms with van der Waals surface area (Å²) in [5.41, 5.74) is 2.36. The second kappa shape index (κ2) is 8.23. The Labute approximate surface area is 173 Å². The second-order valence-corrected chi connectivity index (χ2v) is 7.47. The minimum atomic E-state index is -0.361. The maximum atomic E-state index is 13.4. The zero-order valence-electron chi connectivity index (χ0n) is 16.0. The van der Waals surface area contributed by atoms with Gasteiger partial charge in [0.15, 0.2) is 5.69 Å². The van der Waals surface area contributed by atoms with E-state index in [4.69, 9.17) is 11.6 Å². The van der Waals surface area contributed by atoms with Crippen molar-refractivity contribution in [3.05, 3.63) is 71.3 Å². The molecule has 2 aromatic carbocycles. The van der Waals surface area contributed by atoms with E-state index in [1.807, 2.05) is 12.1 Å². The molecule has 1 aliphatic heterocycles. The highest BCUT2D eigenvalue weighted by molar-refractivity contribution is 6.31. The number of carbonyl (C=O) groups excluding carboxylic acids is 1. The average molecular weight is 414 g/mol. The van der Waals surface area contributed by atoms with Crippen LogP contribution in [0, 0.1) is 5.82 Å². The molecule has 1 N–H and O–H groups in total. The van der Waals surface area contributed by atoms with Crippen molar-refractivity contribution >= 4 is 28.9 Å². The number of aromatic nitrogens is 2. The van der Waals surface area contributed by atoms with Crippen molar-refractivity contribution < 1.29 is 9.18 Å². The van der Waals surface area contributed by atoms with Gasteiger partial charge in [-0.05, 0) is 49.5 Å². The number of halogens is 2. The van der Waals surface area contributed by atoms with Crippen LogP contribution in [0.15, 0.2) is 54.7 Å². The van der Waals surface area contributed by atoms with Gasteiger partial charge in [0, 0.05) is 37.4 Å². The van der Waals surface area contributed by atoms with Gasteiger partial charge in [-0.15, -0.1) is 0 Å². The number of rotatable bonds is 4. The number of piperazine rings is 1. The predicted octanol–water partition coefficient (Wildman–Crippen LogP) is 3.67. The highest BCUT2D eigenvalue weighted by Crippen LogP contribution is 2.30. The summed E-state index contributed by atoms with van der Waals surface area (Å²) in [4.78, 5) is 17.3. The lowest BCUT2D eigenvalue weighted by molar-refractivity contribution is 0.102. The van der Waals surface area contributed by atoms with Gasteiger partial charge in [-0.25, -0.2) is 9.07 Å². The molecule has 8 heteroatoms. The van der Waals surface area contributed by atoms with Gasteiger partial charge in [-0.3, -0.25) is 4.79 Å². The summed E-state index contributed by atoms with van der Waals surface area (Å²) in [5, 5.41) is 7.75. The summed E-state index contributed by atoms with van der Waals surface area (Å²) in [5.74, 6) is -0.711. The van der Waals surface area contributed by atoms with E-state index in [1.54, 1.807) is 30.5 Å². The standard InChI is InChI=1S/C21H21ClFN5O/c1-26-9-11-27(12-10-26)20-6-5-15(22)13-19(20)24-21(29)18-7-8-28(25-18)17-4-2-3-16(23)14-17/h2-8,13-14H,9-12H2,1H3,(H,24,29). The van der Waals surface area contributed by atoms with E-state index in [0.29, 0.717) is 16.4 Å². The normalized spacial score (nSPS) is 14.8. The Balaban J connectivity index is 1.55. The smallest absolute Gasteiger partial charge is 0.276 e. The van der Waals surface area contributed by atoms with Crippen LogP contribution in [0.25, 0.3) is 5.69 Å². The molecule has 0 spiro atoms. The SMILES string of the molecule is CN1CCN(c2ccc(Cl)cc2NC(=O)c2ccn(-c3cccc(F)c3)n2)CC1. The first-order chi connectivity index (χ1) is 14.0. The molecule has 1 aromatic heterocycles. The molecule has 0 bridgehead atoms. The number of likely N-dealkylation sites (N-methyl/N-ethyl adjacent to an activating group) is 1. The first kappa shape index (κ1) is 19.4. The van der Waals surface area contributed by atoms with Crippen molar-refractivity contribution in [2.45, 2.75) is 0 Å². The van der Waals surface area contributed by atoms with Gasteiger partial charge in [0.25, 0.3) is 5.91 Å². The molecular weight excluding hydrogens is 393 g/mol. The fourth-order valence-corrected chi connectivity index (χ4v) is 3.50. The Bertz CT molecular complexity index is 1030. The predicted molar refractivity (Wildman–Crippen MR) is 113 cm³/mol. The molecule has 1 aliphatic rings. The summed E-state index contributed by atoms with van der Waals surface area (Å²) in [6, 6.07) is 13.1. The van der Waals surface area contributed by atoms with Gasteiger partial charge >= 0.3 is 0 Å². The molecular formula is C21H21ClFN5O. The van der Waals surface area contributed by atoms with Gasteiger partial charge < -0.3 is 15.1 Å². The summed E-state index contributed by atoms with van der Waals surface area (Å²) in [6.07, 6.45) is 1.63. The lowest BCUT2D eigenvalue weighted by atomic mass is 10.2. The largest absolute Gasteiger partial charge is 0.367 e. The Morgan fingerprint density at radius 1 is 1.10 bits per heavy atom. The van der Waals surface area contributed by atoms with Crippen LogP contribution in [0.1, 0.15) is 10.5 Å². The number of hydrogen-bond donors (Lipinski definition) is 1. The van der Waals surface area contributed by atoms with Crippen LogP contribution < -0.4 is 10.2 Å². The third-order valence-corrected chi connectivity index (χ3v) is 5.18. The minimum Gasteiger partial charge on any atom is -0.367 e. The van der Waals surface area contributed by atoms with Gasteiger partial charge in [0.05, 0.1) is 17.1 Å². The fourth-order valence-electron chi connectivity index (χ4n) is 3.33. The molecule has 2 heterocycles.